The van der Waals surface area contributed by atoms with Crippen LogP contribution in [0, 0.1) is 0 Å². The minimum atomic E-state index is 0.131. The van der Waals surface area contributed by atoms with E-state index in [1.165, 1.54) is 0 Å². The van der Waals surface area contributed by atoms with E-state index >= 15 is 0 Å². The van der Waals surface area contributed by atoms with Crippen LogP contribution in [0.3, 0.4) is 0 Å². The Kier molecular flexibility index (Phi) is 3.27. The Labute approximate surface area is 79.4 Å². The lowest BCUT2D eigenvalue weighted by Gasteiger charge is -2.23. The number of methoxy groups -OCH3 is 1. The number of likely N-dealkylation sites (N-methyl/N-ethyl adjacent to an activating group) is 1. The molecule has 0 bridgehead atoms. The SMILES string of the molecule is COC1CN(C(C)=O)CC1N(C)C. The fraction of sp³-hybridized carbons (Fsp3) is 0.889. The molecule has 0 aromatic carbocycles. The normalized spacial score (nSPS) is 28.5. The number of rotatable bonds is 2. The highest BCUT2D eigenvalue weighted by molar-refractivity contribution is 5.73. The molecule has 0 saturated carbocycles. The third-order valence-electron chi connectivity index (χ3n) is 2.65. The zero-order chi connectivity index (χ0) is 10.0. The van der Waals surface area contributed by atoms with Crippen molar-refractivity contribution in [1.82, 2.24) is 9.80 Å². The second kappa shape index (κ2) is 4.07. The quantitative estimate of drug-likeness (QED) is 0.598. The van der Waals surface area contributed by atoms with Crippen molar-refractivity contribution in [3.05, 3.63) is 0 Å². The number of hydrogen-bond donors (Lipinski definition) is 0. The number of carbonyl (C=O) groups is 1. The van der Waals surface area contributed by atoms with Gasteiger partial charge in [0.15, 0.2) is 0 Å². The largest absolute Gasteiger partial charge is 0.378 e. The lowest BCUT2D eigenvalue weighted by atomic mass is 10.2. The van der Waals surface area contributed by atoms with Gasteiger partial charge >= 0.3 is 0 Å². The molecule has 4 heteroatoms. The summed E-state index contributed by atoms with van der Waals surface area (Å²) in [5.41, 5.74) is 0. The summed E-state index contributed by atoms with van der Waals surface area (Å²) in [7, 11) is 5.73. The van der Waals surface area contributed by atoms with Crippen LogP contribution in [0.15, 0.2) is 0 Å². The number of nitrogens with zero attached hydrogens (tertiary/aromatic N) is 2. The molecule has 76 valence electrons. The fourth-order valence-electron chi connectivity index (χ4n) is 1.74. The molecule has 13 heavy (non-hydrogen) atoms. The van der Waals surface area contributed by atoms with Gasteiger partial charge in [0.1, 0.15) is 0 Å². The summed E-state index contributed by atoms with van der Waals surface area (Å²) in [6, 6.07) is 0.328. The van der Waals surface area contributed by atoms with Gasteiger partial charge in [0.25, 0.3) is 0 Å². The Morgan fingerprint density at radius 1 is 1.46 bits per heavy atom. The van der Waals surface area contributed by atoms with Crippen LogP contribution in [0.5, 0.6) is 0 Å². The summed E-state index contributed by atoms with van der Waals surface area (Å²) >= 11 is 0. The van der Waals surface area contributed by atoms with Crippen LogP contribution in [0.2, 0.25) is 0 Å². The standard InChI is InChI=1S/C9H18N2O2/c1-7(12)11-5-8(10(2)3)9(6-11)13-4/h8-9H,5-6H2,1-4H3. The Hall–Kier alpha value is -0.610. The van der Waals surface area contributed by atoms with E-state index in [2.05, 4.69) is 4.90 Å². The van der Waals surface area contributed by atoms with Crippen LogP contribution in [-0.4, -0.2) is 62.1 Å². The first-order valence-corrected chi connectivity index (χ1v) is 4.51. The number of amides is 1. The van der Waals surface area contributed by atoms with Crippen molar-refractivity contribution >= 4 is 5.91 Å². The van der Waals surface area contributed by atoms with E-state index in [9.17, 15) is 4.79 Å². The van der Waals surface area contributed by atoms with Crippen LogP contribution in [0.25, 0.3) is 0 Å². The van der Waals surface area contributed by atoms with Crippen molar-refractivity contribution in [1.29, 1.82) is 0 Å². The molecule has 4 nitrogen and oxygen atoms in total. The maximum atomic E-state index is 11.1. The van der Waals surface area contributed by atoms with Crippen molar-refractivity contribution in [3.63, 3.8) is 0 Å². The molecule has 0 N–H and O–H groups in total. The van der Waals surface area contributed by atoms with Crippen molar-refractivity contribution in [2.45, 2.75) is 19.1 Å². The number of hydrogen-bond acceptors (Lipinski definition) is 3. The van der Waals surface area contributed by atoms with Gasteiger partial charge in [0.2, 0.25) is 5.91 Å². The van der Waals surface area contributed by atoms with E-state index in [1.807, 2.05) is 19.0 Å². The van der Waals surface area contributed by atoms with Crippen molar-refractivity contribution in [3.8, 4) is 0 Å². The predicted octanol–water partition coefficient (Wildman–Crippen LogP) is -0.206. The molecule has 1 fully saturated rings. The molecule has 0 aliphatic carbocycles. The summed E-state index contributed by atoms with van der Waals surface area (Å²) in [4.78, 5) is 15.1. The van der Waals surface area contributed by atoms with Gasteiger partial charge in [-0.2, -0.15) is 0 Å². The maximum absolute atomic E-state index is 11.1. The second-order valence-corrected chi connectivity index (χ2v) is 3.73. The summed E-state index contributed by atoms with van der Waals surface area (Å²) in [5.74, 6) is 0.131. The van der Waals surface area contributed by atoms with Crippen molar-refractivity contribution in [2.75, 3.05) is 34.3 Å². The Balaban J connectivity index is 2.61. The van der Waals surface area contributed by atoms with Gasteiger partial charge in [-0.25, -0.2) is 0 Å². The molecule has 2 atom stereocenters. The lowest BCUT2D eigenvalue weighted by Crippen LogP contribution is -2.39. The first-order chi connectivity index (χ1) is 6.06. The second-order valence-electron chi connectivity index (χ2n) is 3.73. The average molecular weight is 186 g/mol. The van der Waals surface area contributed by atoms with E-state index in [0.29, 0.717) is 12.6 Å². The van der Waals surface area contributed by atoms with Gasteiger partial charge in [-0.1, -0.05) is 0 Å². The summed E-state index contributed by atoms with van der Waals surface area (Å²) in [6.45, 7) is 3.10. The van der Waals surface area contributed by atoms with Gasteiger partial charge in [0, 0.05) is 27.1 Å². The molecule has 1 aliphatic rings. The molecule has 0 aromatic rings. The number of carbonyl (C=O) groups excluding carboxylic acids is 1. The van der Waals surface area contributed by atoms with Gasteiger partial charge in [-0.3, -0.25) is 4.79 Å². The number of ether oxygens (including phenoxy) is 1. The molecule has 1 amide bonds. The van der Waals surface area contributed by atoms with E-state index in [1.54, 1.807) is 14.0 Å². The molecule has 2 unspecified atom stereocenters. The highest BCUT2D eigenvalue weighted by atomic mass is 16.5. The van der Waals surface area contributed by atoms with Gasteiger partial charge in [-0.05, 0) is 14.1 Å². The minimum absolute atomic E-state index is 0.131. The lowest BCUT2D eigenvalue weighted by molar-refractivity contribution is -0.128. The van der Waals surface area contributed by atoms with E-state index in [4.69, 9.17) is 4.74 Å². The average Bonchev–Trinajstić information content (AvgIpc) is 2.47. The van der Waals surface area contributed by atoms with Crippen LogP contribution in [0.1, 0.15) is 6.92 Å². The smallest absolute Gasteiger partial charge is 0.219 e. The zero-order valence-corrected chi connectivity index (χ0v) is 8.78. The topological polar surface area (TPSA) is 32.8 Å². The molecule has 0 spiro atoms. The Morgan fingerprint density at radius 3 is 2.38 bits per heavy atom. The monoisotopic (exact) mass is 186 g/mol. The van der Waals surface area contributed by atoms with Gasteiger partial charge < -0.3 is 14.5 Å². The third-order valence-corrected chi connectivity index (χ3v) is 2.65. The van der Waals surface area contributed by atoms with Crippen molar-refractivity contribution in [2.24, 2.45) is 0 Å². The zero-order valence-electron chi connectivity index (χ0n) is 8.78. The van der Waals surface area contributed by atoms with Crippen molar-refractivity contribution < 1.29 is 9.53 Å². The fourth-order valence-corrected chi connectivity index (χ4v) is 1.74. The van der Waals surface area contributed by atoms with E-state index in [0.717, 1.165) is 6.54 Å². The van der Waals surface area contributed by atoms with Crippen LogP contribution in [-0.2, 0) is 9.53 Å². The molecule has 1 aliphatic heterocycles. The molecule has 1 saturated heterocycles. The van der Waals surface area contributed by atoms with Crippen LogP contribution >= 0.6 is 0 Å². The Bertz CT molecular complexity index is 194. The maximum Gasteiger partial charge on any atom is 0.219 e. The van der Waals surface area contributed by atoms with Gasteiger partial charge in [-0.15, -0.1) is 0 Å². The first kappa shape index (κ1) is 10.5. The predicted molar refractivity (Wildman–Crippen MR) is 50.5 cm³/mol. The van der Waals surface area contributed by atoms with E-state index < -0.39 is 0 Å². The molecule has 1 heterocycles. The van der Waals surface area contributed by atoms with Gasteiger partial charge in [0.05, 0.1) is 12.1 Å². The molecule has 0 aromatic heterocycles. The number of likely N-dealkylation sites (tertiary alicyclic amines) is 1. The highest BCUT2D eigenvalue weighted by Gasteiger charge is 2.35. The molecule has 1 rings (SSSR count). The minimum Gasteiger partial charge on any atom is -0.378 e. The first-order valence-electron chi connectivity index (χ1n) is 4.51. The summed E-state index contributed by atoms with van der Waals surface area (Å²) < 4.78 is 5.33. The molecular weight excluding hydrogens is 168 g/mol. The van der Waals surface area contributed by atoms with Crippen LogP contribution in [0.4, 0.5) is 0 Å². The summed E-state index contributed by atoms with van der Waals surface area (Å²) in [5, 5.41) is 0. The van der Waals surface area contributed by atoms with Crippen LogP contribution < -0.4 is 0 Å². The molecular formula is C9H18N2O2. The summed E-state index contributed by atoms with van der Waals surface area (Å²) in [6.07, 6.45) is 0.152. The third kappa shape index (κ3) is 2.19. The molecule has 0 radical (unpaired) electrons. The Morgan fingerprint density at radius 2 is 2.08 bits per heavy atom. The highest BCUT2D eigenvalue weighted by Crippen LogP contribution is 2.16. The van der Waals surface area contributed by atoms with E-state index in [-0.39, 0.29) is 12.0 Å².